The molecule has 0 bridgehead atoms. The molecule has 0 amide bonds. The Hall–Kier alpha value is -6.26. The third-order valence-corrected chi connectivity index (χ3v) is 13.3. The maximum Gasteiger partial charge on any atom is 0.218 e. The highest BCUT2D eigenvalue weighted by Gasteiger charge is 2.59. The Balaban J connectivity index is 1.19. The molecule has 0 N–H and O–H groups in total. The number of pyridine rings is 2. The number of furan rings is 1. The molecule has 2 atom stereocenters. The fourth-order valence-electron chi connectivity index (χ4n) is 10.6. The summed E-state index contributed by atoms with van der Waals surface area (Å²) in [6.07, 6.45) is 7.26. The Morgan fingerprint density at radius 1 is 0.642 bits per heavy atom. The molecule has 2 aliphatic rings. The summed E-state index contributed by atoms with van der Waals surface area (Å²) >= 11 is 0. The zero-order valence-corrected chi connectivity index (χ0v) is 29.9. The molecule has 252 valence electrons. The summed E-state index contributed by atoms with van der Waals surface area (Å²) in [4.78, 5) is 0. The minimum Gasteiger partial charge on any atom is -0.456 e. The Labute approximate surface area is 306 Å². The van der Waals surface area contributed by atoms with Crippen LogP contribution in [-0.2, 0) is 17.4 Å². The van der Waals surface area contributed by atoms with E-state index in [4.69, 9.17) is 11.0 Å². The summed E-state index contributed by atoms with van der Waals surface area (Å²) < 4.78 is 13.9. The second kappa shape index (κ2) is 9.99. The summed E-state index contributed by atoms with van der Waals surface area (Å²) in [5.74, 6) is 0. The first-order valence-electron chi connectivity index (χ1n) is 18.8. The van der Waals surface area contributed by atoms with Crippen molar-refractivity contribution in [3.8, 4) is 22.5 Å². The predicted molar refractivity (Wildman–Crippen MR) is 215 cm³/mol. The fraction of sp³-hybridized carbons (Fsp3) is 0.143. The molecule has 2 aliphatic heterocycles. The van der Waals surface area contributed by atoms with Gasteiger partial charge in [0.2, 0.25) is 11.4 Å². The van der Waals surface area contributed by atoms with Gasteiger partial charge in [0, 0.05) is 69.1 Å². The number of aromatic nitrogens is 3. The Morgan fingerprint density at radius 2 is 1.42 bits per heavy atom. The second-order valence-electron chi connectivity index (χ2n) is 15.8. The zero-order chi connectivity index (χ0) is 35.2. The van der Waals surface area contributed by atoms with Gasteiger partial charge in [0.15, 0.2) is 23.6 Å². The first kappa shape index (κ1) is 29.3. The Morgan fingerprint density at radius 3 is 2.34 bits per heavy atom. The number of benzene rings is 5. The molecule has 12 rings (SSSR count). The second-order valence-corrected chi connectivity index (χ2v) is 15.8. The van der Waals surface area contributed by atoms with Crippen molar-refractivity contribution in [2.24, 2.45) is 0 Å². The molecule has 10 aromatic rings. The van der Waals surface area contributed by atoms with Crippen molar-refractivity contribution in [3.63, 3.8) is 0 Å². The molecule has 2 unspecified atom stereocenters. The highest BCUT2D eigenvalue weighted by Crippen LogP contribution is 2.54. The SMILES string of the molecule is C=C1CC2(C)[n+]3ccccc3-c3cc4c5cccc6c7c8c(ccc7n(c4cc3C2(C)CCc2ccccc2-c2cccc[n+]21)c56)oc1ccccc18. The van der Waals surface area contributed by atoms with Crippen LogP contribution in [0.5, 0.6) is 0 Å². The van der Waals surface area contributed by atoms with Gasteiger partial charge in [-0.2, -0.15) is 9.13 Å². The van der Waals surface area contributed by atoms with E-state index in [1.165, 1.54) is 82.5 Å². The lowest BCUT2D eigenvalue weighted by Crippen LogP contribution is -2.68. The molecule has 4 nitrogen and oxygen atoms in total. The highest BCUT2D eigenvalue weighted by atomic mass is 16.3. The van der Waals surface area contributed by atoms with E-state index in [0.29, 0.717) is 0 Å². The molecule has 4 heteroatoms. The Kier molecular flexibility index (Phi) is 5.53. The fourth-order valence-corrected chi connectivity index (χ4v) is 10.6. The van der Waals surface area contributed by atoms with Crippen molar-refractivity contribution in [3.05, 3.63) is 157 Å². The first-order chi connectivity index (χ1) is 25.9. The number of aryl methyl sites for hydroxylation is 1. The summed E-state index contributed by atoms with van der Waals surface area (Å²) in [5, 5.41) is 7.50. The van der Waals surface area contributed by atoms with Crippen molar-refractivity contribution in [2.75, 3.05) is 0 Å². The molecule has 0 saturated carbocycles. The number of rotatable bonds is 0. The standard InChI is InChI=1S/C49H37N3O/c1-30-29-49(3)48(2,24-23-31-13-4-5-14-32(31)39-18-8-10-25-50(30)39)38-28-42-36(27-37(38)40-19-9-11-26-51(40)49)33-16-12-17-35-45-41(52(42)47(33)35)21-22-44-46(45)34-15-6-7-20-43(34)53-44/h4-22,25-28H,1,23-24,29H2,2-3H3/q+2. The van der Waals surface area contributed by atoms with Crippen LogP contribution in [0.2, 0.25) is 0 Å². The van der Waals surface area contributed by atoms with Crippen LogP contribution >= 0.6 is 0 Å². The summed E-state index contributed by atoms with van der Waals surface area (Å²) in [7, 11) is 0. The maximum atomic E-state index is 6.40. The van der Waals surface area contributed by atoms with Gasteiger partial charge in [0.1, 0.15) is 11.2 Å². The summed E-state index contributed by atoms with van der Waals surface area (Å²) in [5.41, 5.74) is 14.0. The van der Waals surface area contributed by atoms with Gasteiger partial charge in [-0.25, -0.2) is 0 Å². The van der Waals surface area contributed by atoms with Crippen molar-refractivity contribution in [1.29, 1.82) is 0 Å². The van der Waals surface area contributed by atoms with Crippen LogP contribution in [0.3, 0.4) is 0 Å². The van der Waals surface area contributed by atoms with Crippen molar-refractivity contribution >= 4 is 65.7 Å². The zero-order valence-electron chi connectivity index (χ0n) is 29.9. The van der Waals surface area contributed by atoms with E-state index in [0.717, 1.165) is 36.1 Å². The molecule has 0 saturated heterocycles. The molecule has 7 heterocycles. The molecule has 0 fully saturated rings. The van der Waals surface area contributed by atoms with E-state index < -0.39 is 0 Å². The van der Waals surface area contributed by atoms with E-state index in [2.05, 4.69) is 167 Å². The van der Waals surface area contributed by atoms with Gasteiger partial charge in [0.25, 0.3) is 0 Å². The van der Waals surface area contributed by atoms with Crippen LogP contribution in [-0.4, -0.2) is 4.40 Å². The van der Waals surface area contributed by atoms with Gasteiger partial charge in [-0.1, -0.05) is 54.6 Å². The smallest absolute Gasteiger partial charge is 0.218 e. The first-order valence-corrected chi connectivity index (χ1v) is 18.8. The largest absolute Gasteiger partial charge is 0.456 e. The van der Waals surface area contributed by atoms with Crippen molar-refractivity contribution in [1.82, 2.24) is 4.40 Å². The number of allylic oxidation sites excluding steroid dienone is 1. The number of hydrogen-bond donors (Lipinski definition) is 0. The Bertz CT molecular complexity index is 3220. The summed E-state index contributed by atoms with van der Waals surface area (Å²) in [6, 6.07) is 47.0. The van der Waals surface area contributed by atoms with Gasteiger partial charge >= 0.3 is 0 Å². The van der Waals surface area contributed by atoms with Crippen molar-refractivity contribution < 1.29 is 13.6 Å². The van der Waals surface area contributed by atoms with Gasteiger partial charge in [-0.15, -0.1) is 0 Å². The van der Waals surface area contributed by atoms with Gasteiger partial charge in [0.05, 0.1) is 33.9 Å². The monoisotopic (exact) mass is 683 g/mol. The van der Waals surface area contributed by atoms with E-state index in [1.807, 2.05) is 0 Å². The van der Waals surface area contributed by atoms with E-state index in [-0.39, 0.29) is 11.0 Å². The quantitative estimate of drug-likeness (QED) is 0.146. The normalized spacial score (nSPS) is 19.8. The molecule has 0 aliphatic carbocycles. The van der Waals surface area contributed by atoms with Gasteiger partial charge in [-0.05, 0) is 86.0 Å². The maximum absolute atomic E-state index is 6.40. The molecular weight excluding hydrogens is 647 g/mol. The van der Waals surface area contributed by atoms with Crippen LogP contribution in [0.4, 0.5) is 0 Å². The third kappa shape index (κ3) is 3.56. The molecule has 53 heavy (non-hydrogen) atoms. The number of fused-ring (bicyclic) bond motifs is 19. The lowest BCUT2D eigenvalue weighted by molar-refractivity contribution is -0.766. The lowest BCUT2D eigenvalue weighted by atomic mass is 9.59. The topological polar surface area (TPSA) is 25.3 Å². The molecule has 0 radical (unpaired) electrons. The molecular formula is C49H37N3O+2. The van der Waals surface area contributed by atoms with Gasteiger partial charge < -0.3 is 8.82 Å². The van der Waals surface area contributed by atoms with Crippen LogP contribution < -0.4 is 9.13 Å². The third-order valence-electron chi connectivity index (χ3n) is 13.3. The van der Waals surface area contributed by atoms with Crippen LogP contribution in [0.25, 0.3) is 88.2 Å². The van der Waals surface area contributed by atoms with Crippen molar-refractivity contribution in [2.45, 2.75) is 44.1 Å². The molecule has 5 aromatic heterocycles. The molecule has 0 spiro atoms. The van der Waals surface area contributed by atoms with E-state index in [9.17, 15) is 0 Å². The lowest BCUT2D eigenvalue weighted by Gasteiger charge is -2.47. The van der Waals surface area contributed by atoms with Crippen LogP contribution in [0.1, 0.15) is 37.8 Å². The minimum atomic E-state index is -0.310. The van der Waals surface area contributed by atoms with Gasteiger partial charge in [-0.3, -0.25) is 0 Å². The average molecular weight is 684 g/mol. The van der Waals surface area contributed by atoms with E-state index in [1.54, 1.807) is 0 Å². The van der Waals surface area contributed by atoms with Crippen LogP contribution in [0, 0.1) is 0 Å². The minimum absolute atomic E-state index is 0.246. The highest BCUT2D eigenvalue weighted by molar-refractivity contribution is 6.32. The predicted octanol–water partition coefficient (Wildman–Crippen LogP) is 11.1. The average Bonchev–Trinajstić information content (AvgIpc) is 3.85. The molecule has 5 aromatic carbocycles. The van der Waals surface area contributed by atoms with Crippen LogP contribution in [0.15, 0.2) is 151 Å². The van der Waals surface area contributed by atoms with E-state index >= 15 is 0 Å². The summed E-state index contributed by atoms with van der Waals surface area (Å²) in [6.45, 7) is 9.83. The number of hydrogen-bond acceptors (Lipinski definition) is 1. The number of para-hydroxylation sites is 2. The number of nitrogens with zero attached hydrogens (tertiary/aromatic N) is 3.